The molecule has 0 bridgehead atoms. The molecule has 0 atom stereocenters. The van der Waals surface area contributed by atoms with Crippen LogP contribution in [0.15, 0.2) is 36.4 Å². The molecule has 0 saturated carbocycles. The predicted octanol–water partition coefficient (Wildman–Crippen LogP) is 4.93. The van der Waals surface area contributed by atoms with Crippen LogP contribution in [0.3, 0.4) is 0 Å². The molecule has 0 heterocycles. The van der Waals surface area contributed by atoms with Gasteiger partial charge >= 0.3 is 0 Å². The number of benzene rings is 1. The SMILES string of the molecule is C=C(C/C=C(\C)C(C)=O)c1cccc(Cl)c1Cl. The van der Waals surface area contributed by atoms with Crippen molar-refractivity contribution in [3.63, 3.8) is 0 Å². The number of rotatable bonds is 4. The number of carbonyl (C=O) groups is 1. The first-order chi connectivity index (χ1) is 7.93. The molecule has 1 rings (SSSR count). The van der Waals surface area contributed by atoms with Gasteiger partial charge in [0.2, 0.25) is 0 Å². The number of halogens is 2. The highest BCUT2D eigenvalue weighted by Gasteiger charge is 2.07. The lowest BCUT2D eigenvalue weighted by Gasteiger charge is -2.07. The maximum atomic E-state index is 11.1. The maximum Gasteiger partial charge on any atom is 0.155 e. The second kappa shape index (κ2) is 6.04. The molecule has 1 aromatic carbocycles. The van der Waals surface area contributed by atoms with Crippen LogP contribution in [0.2, 0.25) is 10.0 Å². The molecular formula is C14H14Cl2O. The summed E-state index contributed by atoms with van der Waals surface area (Å²) < 4.78 is 0. The van der Waals surface area contributed by atoms with E-state index in [1.807, 2.05) is 18.2 Å². The normalized spacial score (nSPS) is 11.4. The molecule has 1 aromatic rings. The van der Waals surface area contributed by atoms with Gasteiger partial charge < -0.3 is 0 Å². The molecule has 0 fully saturated rings. The molecule has 0 spiro atoms. The Morgan fingerprint density at radius 2 is 2.00 bits per heavy atom. The van der Waals surface area contributed by atoms with Crippen LogP contribution in [0.4, 0.5) is 0 Å². The van der Waals surface area contributed by atoms with E-state index in [1.165, 1.54) is 0 Å². The van der Waals surface area contributed by atoms with Crippen LogP contribution in [0.25, 0.3) is 5.57 Å². The summed E-state index contributed by atoms with van der Waals surface area (Å²) >= 11 is 12.0. The first kappa shape index (κ1) is 14.0. The molecule has 17 heavy (non-hydrogen) atoms. The van der Waals surface area contributed by atoms with Crippen LogP contribution in [0.5, 0.6) is 0 Å². The van der Waals surface area contributed by atoms with E-state index in [-0.39, 0.29) is 5.78 Å². The van der Waals surface area contributed by atoms with Crippen LogP contribution in [0, 0.1) is 0 Å². The Balaban J connectivity index is 2.88. The zero-order valence-corrected chi connectivity index (χ0v) is 11.4. The van der Waals surface area contributed by atoms with Crippen LogP contribution in [-0.4, -0.2) is 5.78 Å². The van der Waals surface area contributed by atoms with Crippen LogP contribution < -0.4 is 0 Å². The molecule has 0 aliphatic heterocycles. The van der Waals surface area contributed by atoms with Crippen LogP contribution >= 0.6 is 23.2 Å². The average Bonchev–Trinajstić information content (AvgIpc) is 2.29. The largest absolute Gasteiger partial charge is 0.295 e. The Hall–Kier alpha value is -1.05. The first-order valence-corrected chi connectivity index (χ1v) is 5.99. The average molecular weight is 269 g/mol. The van der Waals surface area contributed by atoms with Gasteiger partial charge in [-0.05, 0) is 43.0 Å². The number of Topliss-reactive ketones (excluding diaryl/α,β-unsaturated/α-hetero) is 1. The number of hydrogen-bond acceptors (Lipinski definition) is 1. The Morgan fingerprint density at radius 3 is 2.59 bits per heavy atom. The molecule has 0 amide bonds. The quantitative estimate of drug-likeness (QED) is 0.708. The molecular weight excluding hydrogens is 255 g/mol. The van der Waals surface area contributed by atoms with Gasteiger partial charge in [-0.2, -0.15) is 0 Å². The highest BCUT2D eigenvalue weighted by molar-refractivity contribution is 6.43. The predicted molar refractivity (Wildman–Crippen MR) is 74.6 cm³/mol. The van der Waals surface area contributed by atoms with Gasteiger partial charge in [-0.15, -0.1) is 0 Å². The minimum Gasteiger partial charge on any atom is -0.295 e. The topological polar surface area (TPSA) is 17.1 Å². The standard InChI is InChI=1S/C14H14Cl2O/c1-9(11(3)17)7-8-10(2)12-5-4-6-13(15)14(12)16/h4-7H,2,8H2,1,3H3/b9-7+. The van der Waals surface area contributed by atoms with E-state index in [9.17, 15) is 4.79 Å². The van der Waals surface area contributed by atoms with Gasteiger partial charge in [-0.25, -0.2) is 0 Å². The van der Waals surface area contributed by atoms with Gasteiger partial charge in [0.1, 0.15) is 0 Å². The summed E-state index contributed by atoms with van der Waals surface area (Å²) in [7, 11) is 0. The molecule has 0 radical (unpaired) electrons. The van der Waals surface area contributed by atoms with Crippen molar-refractivity contribution in [2.24, 2.45) is 0 Å². The highest BCUT2D eigenvalue weighted by Crippen LogP contribution is 2.31. The zero-order valence-electron chi connectivity index (χ0n) is 9.89. The number of ketones is 1. The van der Waals surface area contributed by atoms with E-state index >= 15 is 0 Å². The van der Waals surface area contributed by atoms with E-state index in [0.29, 0.717) is 16.5 Å². The lowest BCUT2D eigenvalue weighted by atomic mass is 10.0. The number of hydrogen-bond donors (Lipinski definition) is 0. The second-order valence-corrected chi connectivity index (χ2v) is 4.64. The minimum absolute atomic E-state index is 0.0648. The summed E-state index contributed by atoms with van der Waals surface area (Å²) in [5.41, 5.74) is 2.40. The van der Waals surface area contributed by atoms with Crippen molar-refractivity contribution in [3.8, 4) is 0 Å². The van der Waals surface area contributed by atoms with Gasteiger partial charge in [0.15, 0.2) is 5.78 Å². The molecule has 0 aliphatic carbocycles. The molecule has 1 nitrogen and oxygen atoms in total. The zero-order chi connectivity index (χ0) is 13.0. The molecule has 0 saturated heterocycles. The van der Waals surface area contributed by atoms with Crippen molar-refractivity contribution in [1.82, 2.24) is 0 Å². The fraction of sp³-hybridized carbons (Fsp3) is 0.214. The summed E-state index contributed by atoms with van der Waals surface area (Å²) in [6.45, 7) is 7.29. The second-order valence-electron chi connectivity index (χ2n) is 3.85. The van der Waals surface area contributed by atoms with Crippen molar-refractivity contribution in [2.45, 2.75) is 20.3 Å². The Kier molecular flexibility index (Phi) is 4.98. The van der Waals surface area contributed by atoms with Gasteiger partial charge in [-0.3, -0.25) is 4.79 Å². The number of carbonyl (C=O) groups excluding carboxylic acids is 1. The van der Waals surface area contributed by atoms with Crippen molar-refractivity contribution < 1.29 is 4.79 Å². The monoisotopic (exact) mass is 268 g/mol. The van der Waals surface area contributed by atoms with Crippen molar-refractivity contribution in [3.05, 3.63) is 52.0 Å². The summed E-state index contributed by atoms with van der Waals surface area (Å²) in [5.74, 6) is 0.0648. The summed E-state index contributed by atoms with van der Waals surface area (Å²) in [6, 6.07) is 5.43. The van der Waals surface area contributed by atoms with Crippen molar-refractivity contribution in [1.29, 1.82) is 0 Å². The van der Waals surface area contributed by atoms with E-state index in [1.54, 1.807) is 19.9 Å². The van der Waals surface area contributed by atoms with E-state index < -0.39 is 0 Å². The molecule has 0 aliphatic rings. The minimum atomic E-state index is 0.0648. The van der Waals surface area contributed by atoms with Gasteiger partial charge in [0, 0.05) is 0 Å². The third kappa shape index (κ3) is 3.72. The Morgan fingerprint density at radius 1 is 1.35 bits per heavy atom. The van der Waals surface area contributed by atoms with E-state index in [2.05, 4.69) is 6.58 Å². The van der Waals surface area contributed by atoms with E-state index in [4.69, 9.17) is 23.2 Å². The summed E-state index contributed by atoms with van der Waals surface area (Å²) in [6.07, 6.45) is 2.44. The summed E-state index contributed by atoms with van der Waals surface area (Å²) in [4.78, 5) is 11.1. The lowest BCUT2D eigenvalue weighted by molar-refractivity contribution is -0.113. The Labute approximate surface area is 112 Å². The Bertz CT molecular complexity index is 487. The third-order valence-corrected chi connectivity index (χ3v) is 3.36. The lowest BCUT2D eigenvalue weighted by Crippen LogP contribution is -1.92. The fourth-order valence-electron chi connectivity index (χ4n) is 1.31. The molecule has 90 valence electrons. The molecule has 3 heteroatoms. The van der Waals surface area contributed by atoms with E-state index in [0.717, 1.165) is 16.7 Å². The smallest absolute Gasteiger partial charge is 0.155 e. The first-order valence-electron chi connectivity index (χ1n) is 5.23. The summed E-state index contributed by atoms with van der Waals surface area (Å²) in [5, 5.41) is 1.02. The van der Waals surface area contributed by atoms with Crippen LogP contribution in [-0.2, 0) is 4.79 Å². The van der Waals surface area contributed by atoms with Crippen LogP contribution in [0.1, 0.15) is 25.8 Å². The molecule has 0 unspecified atom stereocenters. The fourth-order valence-corrected chi connectivity index (χ4v) is 1.74. The third-order valence-electron chi connectivity index (χ3n) is 2.54. The number of allylic oxidation sites excluding steroid dienone is 3. The molecule has 0 aromatic heterocycles. The highest BCUT2D eigenvalue weighted by atomic mass is 35.5. The van der Waals surface area contributed by atoms with Gasteiger partial charge in [-0.1, -0.05) is 48.0 Å². The van der Waals surface area contributed by atoms with Crippen molar-refractivity contribution in [2.75, 3.05) is 0 Å². The maximum absolute atomic E-state index is 11.1. The van der Waals surface area contributed by atoms with Gasteiger partial charge in [0.25, 0.3) is 0 Å². The van der Waals surface area contributed by atoms with Gasteiger partial charge in [0.05, 0.1) is 10.0 Å². The van der Waals surface area contributed by atoms with Crippen molar-refractivity contribution >= 4 is 34.6 Å². The molecule has 0 N–H and O–H groups in total.